The Morgan fingerprint density at radius 1 is 0.837 bits per heavy atom. The maximum absolute atomic E-state index is 12.8. The van der Waals surface area contributed by atoms with Crippen molar-refractivity contribution in [3.63, 3.8) is 0 Å². The molecule has 1 unspecified atom stereocenters. The summed E-state index contributed by atoms with van der Waals surface area (Å²) in [5, 5.41) is 110. The summed E-state index contributed by atoms with van der Waals surface area (Å²) in [4.78, 5) is 47.7. The first-order chi connectivity index (χ1) is 22.9. The van der Waals surface area contributed by atoms with Crippen molar-refractivity contribution in [1.82, 2.24) is 10.6 Å². The van der Waals surface area contributed by atoms with Crippen molar-refractivity contribution in [2.75, 3.05) is 19.8 Å². The Morgan fingerprint density at radius 2 is 1.39 bits per heavy atom. The molecule has 3 saturated heterocycles. The van der Waals surface area contributed by atoms with Gasteiger partial charge < -0.3 is 90.1 Å². The smallest absolute Gasteiger partial charge is 0.364 e. The van der Waals surface area contributed by atoms with Crippen LogP contribution in [0.1, 0.15) is 27.2 Å². The molecule has 22 nitrogen and oxygen atoms in total. The highest BCUT2D eigenvalue weighted by Crippen LogP contribution is 2.38. The van der Waals surface area contributed by atoms with Crippen LogP contribution in [0.3, 0.4) is 0 Å². The van der Waals surface area contributed by atoms with Gasteiger partial charge in [0.2, 0.25) is 11.8 Å². The van der Waals surface area contributed by atoms with E-state index in [2.05, 4.69) is 15.4 Å². The number of nitrogens with one attached hydrogen (secondary N) is 2. The van der Waals surface area contributed by atoms with Gasteiger partial charge in [-0.3, -0.25) is 14.4 Å². The first kappa shape index (κ1) is 40.7. The van der Waals surface area contributed by atoms with Gasteiger partial charge >= 0.3 is 11.9 Å². The first-order valence-corrected chi connectivity index (χ1v) is 15.1. The fourth-order valence-electron chi connectivity index (χ4n) is 5.76. The van der Waals surface area contributed by atoms with Crippen LogP contribution in [0.15, 0.2) is 0 Å². The minimum atomic E-state index is -3.08. The Morgan fingerprint density at radius 3 is 1.92 bits per heavy atom. The van der Waals surface area contributed by atoms with Crippen LogP contribution in [0, 0.1) is 0 Å². The van der Waals surface area contributed by atoms with Crippen LogP contribution >= 0.6 is 0 Å². The standard InChI is InChI=1S/C27H44N2O20/c1-8(32)28-15-11(35)4-27(26(42)43,48-22(15)17(37)12(36)7-44-10(3)34)49-23-19(39)14(6-31)46-25(20(23)40)47-21-16(29-9(2)33)24(41)45-13(5-30)18(21)38/h11-25,30-31,35-41H,4-7H2,1-3H3,(H,28,32)(H,29,33)(H,42,43)/t11-,12+,13+,14+,15+,16+,17+,18-,19-,20+,21+,22+,23-,24?,25-,27-/m0/s1. The van der Waals surface area contributed by atoms with Gasteiger partial charge in [-0.15, -0.1) is 0 Å². The minimum Gasteiger partial charge on any atom is -0.477 e. The van der Waals surface area contributed by atoms with E-state index in [1.807, 2.05) is 0 Å². The van der Waals surface area contributed by atoms with Gasteiger partial charge in [0.05, 0.1) is 25.4 Å². The number of amides is 2. The van der Waals surface area contributed by atoms with E-state index in [1.165, 1.54) is 0 Å². The molecule has 0 saturated carbocycles. The van der Waals surface area contributed by atoms with E-state index in [9.17, 15) is 70.2 Å². The number of esters is 1. The molecular formula is C27H44N2O20. The van der Waals surface area contributed by atoms with Crippen LogP contribution < -0.4 is 10.6 Å². The quantitative estimate of drug-likeness (QED) is 0.0787. The zero-order valence-corrected chi connectivity index (χ0v) is 26.5. The number of aliphatic carboxylic acids is 1. The lowest BCUT2D eigenvalue weighted by molar-refractivity contribution is -0.380. The molecule has 12 N–H and O–H groups in total. The number of carboxylic acid groups (broad SMARTS) is 1. The number of carboxylic acids is 1. The average Bonchev–Trinajstić information content (AvgIpc) is 3.02. The molecular weight excluding hydrogens is 672 g/mol. The van der Waals surface area contributed by atoms with E-state index in [1.54, 1.807) is 0 Å². The van der Waals surface area contributed by atoms with Crippen molar-refractivity contribution in [2.24, 2.45) is 0 Å². The summed E-state index contributed by atoms with van der Waals surface area (Å²) in [6, 6.07) is -3.13. The van der Waals surface area contributed by atoms with Crippen LogP contribution in [0.4, 0.5) is 0 Å². The number of hydrogen-bond acceptors (Lipinski definition) is 19. The summed E-state index contributed by atoms with van der Waals surface area (Å²) in [6.07, 6.45) is -26.1. The summed E-state index contributed by atoms with van der Waals surface area (Å²) >= 11 is 0. The lowest BCUT2D eigenvalue weighted by Gasteiger charge is -2.50. The van der Waals surface area contributed by atoms with Crippen LogP contribution in [-0.4, -0.2) is 192 Å². The topological polar surface area (TPSA) is 350 Å². The molecule has 3 fully saturated rings. The van der Waals surface area contributed by atoms with Gasteiger partial charge in [0.25, 0.3) is 5.79 Å². The second-order valence-corrected chi connectivity index (χ2v) is 11.9. The Hall–Kier alpha value is -2.68. The Bertz CT molecular complexity index is 1160. The molecule has 3 aliphatic heterocycles. The first-order valence-electron chi connectivity index (χ1n) is 15.1. The molecule has 49 heavy (non-hydrogen) atoms. The fourth-order valence-corrected chi connectivity index (χ4v) is 5.76. The average molecular weight is 717 g/mol. The Kier molecular flexibility index (Phi) is 14.2. The fraction of sp³-hybridized carbons (Fsp3) is 0.852. The summed E-state index contributed by atoms with van der Waals surface area (Å²) in [6.45, 7) is 0.420. The second kappa shape index (κ2) is 17.0. The summed E-state index contributed by atoms with van der Waals surface area (Å²) in [5.74, 6) is -7.43. The van der Waals surface area contributed by atoms with Crippen LogP contribution in [0.2, 0.25) is 0 Å². The number of carbonyl (C=O) groups excluding carboxylic acids is 3. The highest BCUT2D eigenvalue weighted by Gasteiger charge is 2.60. The molecule has 2 amide bonds. The zero-order chi connectivity index (χ0) is 37.0. The van der Waals surface area contributed by atoms with Gasteiger partial charge in [0.1, 0.15) is 73.7 Å². The molecule has 3 aliphatic rings. The molecule has 0 aromatic carbocycles. The number of carbonyl (C=O) groups is 4. The molecule has 0 aromatic heterocycles. The zero-order valence-electron chi connectivity index (χ0n) is 26.5. The number of aliphatic hydroxyl groups is 9. The molecule has 0 bridgehead atoms. The normalized spacial score (nSPS) is 40.9. The second-order valence-electron chi connectivity index (χ2n) is 11.9. The molecule has 16 atom stereocenters. The molecule has 0 radical (unpaired) electrons. The van der Waals surface area contributed by atoms with Gasteiger partial charge in [-0.25, -0.2) is 4.79 Å². The third kappa shape index (κ3) is 9.36. The molecule has 282 valence electrons. The molecule has 22 heteroatoms. The van der Waals surface area contributed by atoms with Crippen molar-refractivity contribution in [1.29, 1.82) is 0 Å². The highest BCUT2D eigenvalue weighted by molar-refractivity contribution is 5.76. The molecule has 3 rings (SSSR count). The molecule has 0 spiro atoms. The van der Waals surface area contributed by atoms with Gasteiger partial charge in [-0.1, -0.05) is 0 Å². The number of aliphatic hydroxyl groups excluding tert-OH is 9. The maximum atomic E-state index is 12.8. The Labute approximate surface area is 278 Å². The van der Waals surface area contributed by atoms with Crippen molar-refractivity contribution in [3.05, 3.63) is 0 Å². The Balaban J connectivity index is 1.98. The van der Waals surface area contributed by atoms with Crippen molar-refractivity contribution in [3.8, 4) is 0 Å². The lowest BCUT2D eigenvalue weighted by atomic mass is 9.88. The van der Waals surface area contributed by atoms with Gasteiger partial charge in [0, 0.05) is 27.2 Å². The van der Waals surface area contributed by atoms with E-state index in [-0.39, 0.29) is 0 Å². The van der Waals surface area contributed by atoms with Crippen LogP contribution in [0.5, 0.6) is 0 Å². The van der Waals surface area contributed by atoms with Crippen molar-refractivity contribution in [2.45, 2.75) is 125 Å². The largest absolute Gasteiger partial charge is 0.477 e. The molecule has 0 aliphatic carbocycles. The number of ether oxygens (including phenoxy) is 6. The number of hydrogen-bond donors (Lipinski definition) is 12. The molecule has 0 aromatic rings. The van der Waals surface area contributed by atoms with E-state index in [0.717, 1.165) is 20.8 Å². The monoisotopic (exact) mass is 716 g/mol. The molecule has 3 heterocycles. The predicted octanol–water partition coefficient (Wildman–Crippen LogP) is -7.51. The van der Waals surface area contributed by atoms with E-state index in [0.29, 0.717) is 0 Å². The van der Waals surface area contributed by atoms with E-state index >= 15 is 0 Å². The third-order valence-corrected chi connectivity index (χ3v) is 8.14. The summed E-state index contributed by atoms with van der Waals surface area (Å²) < 4.78 is 32.1. The SMILES string of the molecule is CC(=O)N[C@H]1[C@H]([C@H](O)[C@H](O)COC(C)=O)O[C@@](O[C@H]2[C@@H](O)[C@@H](CO)O[C@@H](O[C@H]3[C@@H](O)[C@@H](CO)OC(O)[C@@H]3NC(C)=O)[C@@H]2O)(C(=O)O)C[C@@H]1O. The summed E-state index contributed by atoms with van der Waals surface area (Å²) in [5.41, 5.74) is 0. The highest BCUT2D eigenvalue weighted by atomic mass is 16.8. The van der Waals surface area contributed by atoms with Crippen molar-refractivity contribution < 1.29 is 98.7 Å². The minimum absolute atomic E-state index is 0.727. The lowest BCUT2D eigenvalue weighted by Crippen LogP contribution is -2.71. The van der Waals surface area contributed by atoms with Gasteiger partial charge in [-0.05, 0) is 0 Å². The van der Waals surface area contributed by atoms with E-state index < -0.39 is 148 Å². The van der Waals surface area contributed by atoms with Crippen molar-refractivity contribution >= 4 is 23.8 Å². The van der Waals surface area contributed by atoms with E-state index in [4.69, 9.17) is 23.7 Å². The summed E-state index contributed by atoms with van der Waals surface area (Å²) in [7, 11) is 0. The predicted molar refractivity (Wildman–Crippen MR) is 151 cm³/mol. The van der Waals surface area contributed by atoms with Gasteiger partial charge in [0.15, 0.2) is 12.6 Å². The van der Waals surface area contributed by atoms with Crippen LogP contribution in [0.25, 0.3) is 0 Å². The third-order valence-electron chi connectivity index (χ3n) is 8.14. The number of rotatable bonds is 13. The maximum Gasteiger partial charge on any atom is 0.364 e. The van der Waals surface area contributed by atoms with Crippen LogP contribution in [-0.2, 0) is 47.6 Å². The van der Waals surface area contributed by atoms with Gasteiger partial charge in [-0.2, -0.15) is 0 Å².